The first-order chi connectivity index (χ1) is 12.7. The second-order valence-corrected chi connectivity index (χ2v) is 6.56. The van der Waals surface area contributed by atoms with Gasteiger partial charge in [0.15, 0.2) is 0 Å². The third-order valence-electron chi connectivity index (χ3n) is 4.69. The summed E-state index contributed by atoms with van der Waals surface area (Å²) in [5.41, 5.74) is 0.994. The zero-order valence-corrected chi connectivity index (χ0v) is 14.8. The Kier molecular flexibility index (Phi) is 6.47. The zero-order chi connectivity index (χ0) is 18.2. The monoisotopic (exact) mass is 357 g/mol. The summed E-state index contributed by atoms with van der Waals surface area (Å²) < 4.78 is 23.9. The van der Waals surface area contributed by atoms with Gasteiger partial charge >= 0.3 is 6.09 Å². The molecule has 26 heavy (non-hydrogen) atoms. The van der Waals surface area contributed by atoms with E-state index in [0.717, 1.165) is 37.9 Å². The van der Waals surface area contributed by atoms with Gasteiger partial charge in [0.25, 0.3) is 0 Å². The van der Waals surface area contributed by atoms with Gasteiger partial charge in [0.2, 0.25) is 0 Å². The predicted octanol–water partition coefficient (Wildman–Crippen LogP) is 4.64. The van der Waals surface area contributed by atoms with E-state index in [0.29, 0.717) is 24.9 Å². The molecule has 4 nitrogen and oxygen atoms in total. The number of likely N-dealkylation sites (tertiary alicyclic amines) is 1. The first-order valence-corrected chi connectivity index (χ1v) is 9.05. The second-order valence-electron chi connectivity index (χ2n) is 6.56. The number of hydrogen-bond donors (Lipinski definition) is 0. The van der Waals surface area contributed by atoms with E-state index in [2.05, 4.69) is 0 Å². The molecule has 0 saturated carbocycles. The first kappa shape index (κ1) is 18.2. The van der Waals surface area contributed by atoms with Crippen molar-refractivity contribution in [3.8, 4) is 5.75 Å². The highest BCUT2D eigenvalue weighted by Crippen LogP contribution is 2.22. The van der Waals surface area contributed by atoms with E-state index in [1.807, 2.05) is 30.3 Å². The van der Waals surface area contributed by atoms with Crippen LogP contribution in [-0.2, 0) is 11.3 Å². The summed E-state index contributed by atoms with van der Waals surface area (Å²) in [6.07, 6.45) is 2.60. The smallest absolute Gasteiger partial charge is 0.410 e. The van der Waals surface area contributed by atoms with Gasteiger partial charge in [-0.2, -0.15) is 0 Å². The maximum Gasteiger partial charge on any atom is 0.410 e. The fraction of sp³-hybridized carbons (Fsp3) is 0.381. The summed E-state index contributed by atoms with van der Waals surface area (Å²) in [7, 11) is 0. The number of carbonyl (C=O) groups excluding carboxylic acids is 1. The van der Waals surface area contributed by atoms with Crippen LogP contribution in [0, 0.1) is 11.7 Å². The van der Waals surface area contributed by atoms with Crippen LogP contribution in [0.15, 0.2) is 54.6 Å². The van der Waals surface area contributed by atoms with Gasteiger partial charge in [-0.05, 0) is 55.0 Å². The molecule has 0 aromatic heterocycles. The number of piperidine rings is 1. The number of ether oxygens (including phenoxy) is 2. The van der Waals surface area contributed by atoms with Crippen LogP contribution >= 0.6 is 0 Å². The molecule has 0 atom stereocenters. The molecule has 3 rings (SSSR count). The van der Waals surface area contributed by atoms with Crippen molar-refractivity contribution in [2.45, 2.75) is 25.9 Å². The highest BCUT2D eigenvalue weighted by molar-refractivity contribution is 5.67. The Morgan fingerprint density at radius 2 is 1.73 bits per heavy atom. The maximum absolute atomic E-state index is 12.9. The Morgan fingerprint density at radius 1 is 1.04 bits per heavy atom. The normalized spacial score (nSPS) is 14.9. The van der Waals surface area contributed by atoms with Crippen molar-refractivity contribution in [2.24, 2.45) is 5.92 Å². The van der Waals surface area contributed by atoms with Crippen LogP contribution in [0.3, 0.4) is 0 Å². The molecule has 0 bridgehead atoms. The Morgan fingerprint density at radius 3 is 2.42 bits per heavy atom. The zero-order valence-electron chi connectivity index (χ0n) is 14.8. The number of hydrogen-bond acceptors (Lipinski definition) is 3. The topological polar surface area (TPSA) is 38.8 Å². The van der Waals surface area contributed by atoms with Crippen molar-refractivity contribution in [1.29, 1.82) is 0 Å². The van der Waals surface area contributed by atoms with Gasteiger partial charge in [0.1, 0.15) is 18.2 Å². The van der Waals surface area contributed by atoms with Gasteiger partial charge < -0.3 is 14.4 Å². The van der Waals surface area contributed by atoms with Crippen LogP contribution in [0.4, 0.5) is 9.18 Å². The minimum Gasteiger partial charge on any atom is -0.494 e. The molecule has 1 heterocycles. The fourth-order valence-electron chi connectivity index (χ4n) is 3.09. The van der Waals surface area contributed by atoms with Crippen LogP contribution in [0.1, 0.15) is 24.8 Å². The van der Waals surface area contributed by atoms with E-state index in [1.165, 1.54) is 12.1 Å². The molecule has 1 fully saturated rings. The van der Waals surface area contributed by atoms with Gasteiger partial charge in [-0.25, -0.2) is 9.18 Å². The Bertz CT molecular complexity index is 682. The quantitative estimate of drug-likeness (QED) is 0.756. The van der Waals surface area contributed by atoms with Crippen molar-refractivity contribution in [3.05, 3.63) is 66.0 Å². The lowest BCUT2D eigenvalue weighted by molar-refractivity contribution is 0.0800. The second kappa shape index (κ2) is 9.22. The van der Waals surface area contributed by atoms with E-state index in [-0.39, 0.29) is 11.9 Å². The molecule has 138 valence electrons. The van der Waals surface area contributed by atoms with Gasteiger partial charge in [0, 0.05) is 13.1 Å². The number of amides is 1. The van der Waals surface area contributed by atoms with E-state index in [9.17, 15) is 9.18 Å². The highest BCUT2D eigenvalue weighted by Gasteiger charge is 2.23. The van der Waals surface area contributed by atoms with Gasteiger partial charge in [-0.15, -0.1) is 0 Å². The van der Waals surface area contributed by atoms with Crippen LogP contribution in [0.25, 0.3) is 0 Å². The van der Waals surface area contributed by atoms with Crippen LogP contribution in [0.5, 0.6) is 5.75 Å². The molecule has 1 aliphatic rings. The van der Waals surface area contributed by atoms with Crippen LogP contribution in [0.2, 0.25) is 0 Å². The van der Waals surface area contributed by atoms with Crippen molar-refractivity contribution < 1.29 is 18.7 Å². The molecular weight excluding hydrogens is 333 g/mol. The molecule has 0 spiro atoms. The average molecular weight is 357 g/mol. The molecular formula is C21H24FNO3. The number of carbonyl (C=O) groups is 1. The minimum absolute atomic E-state index is 0.241. The molecule has 2 aromatic carbocycles. The molecule has 1 amide bonds. The van der Waals surface area contributed by atoms with Gasteiger partial charge in [0.05, 0.1) is 6.61 Å². The third kappa shape index (κ3) is 5.48. The Labute approximate surface area is 153 Å². The average Bonchev–Trinajstić information content (AvgIpc) is 2.69. The van der Waals surface area contributed by atoms with Crippen LogP contribution in [-0.4, -0.2) is 30.7 Å². The number of benzene rings is 2. The minimum atomic E-state index is -0.260. The molecule has 0 unspecified atom stereocenters. The summed E-state index contributed by atoms with van der Waals surface area (Å²) in [6.45, 7) is 2.35. The van der Waals surface area contributed by atoms with Crippen molar-refractivity contribution >= 4 is 6.09 Å². The maximum atomic E-state index is 12.9. The van der Waals surface area contributed by atoms with E-state index in [1.54, 1.807) is 17.0 Å². The molecule has 1 aliphatic heterocycles. The lowest BCUT2D eigenvalue weighted by atomic mass is 9.94. The summed E-state index contributed by atoms with van der Waals surface area (Å²) >= 11 is 0. The number of halogens is 1. The fourth-order valence-corrected chi connectivity index (χ4v) is 3.09. The van der Waals surface area contributed by atoms with Crippen LogP contribution < -0.4 is 4.74 Å². The van der Waals surface area contributed by atoms with Crippen molar-refractivity contribution in [2.75, 3.05) is 19.7 Å². The van der Waals surface area contributed by atoms with Gasteiger partial charge in [-0.1, -0.05) is 30.3 Å². The lowest BCUT2D eigenvalue weighted by Crippen LogP contribution is -2.39. The molecule has 0 N–H and O–H groups in total. The molecule has 1 saturated heterocycles. The Hall–Kier alpha value is -2.56. The van der Waals surface area contributed by atoms with E-state index >= 15 is 0 Å². The van der Waals surface area contributed by atoms with Crippen molar-refractivity contribution in [3.63, 3.8) is 0 Å². The number of nitrogens with zero attached hydrogens (tertiary/aromatic N) is 1. The Balaban J connectivity index is 1.33. The van der Waals surface area contributed by atoms with E-state index < -0.39 is 0 Å². The molecule has 5 heteroatoms. The predicted molar refractivity (Wildman–Crippen MR) is 97.4 cm³/mol. The largest absolute Gasteiger partial charge is 0.494 e. The standard InChI is InChI=1S/C21H24FNO3/c22-19-6-8-20(9-7-19)25-15-12-17-10-13-23(14-11-17)21(24)26-16-18-4-2-1-3-5-18/h1-9,17H,10-16H2. The summed E-state index contributed by atoms with van der Waals surface area (Å²) in [5, 5.41) is 0. The van der Waals surface area contributed by atoms with E-state index in [4.69, 9.17) is 9.47 Å². The van der Waals surface area contributed by atoms with Gasteiger partial charge in [-0.3, -0.25) is 0 Å². The third-order valence-corrected chi connectivity index (χ3v) is 4.69. The molecule has 0 aliphatic carbocycles. The number of rotatable bonds is 6. The molecule has 2 aromatic rings. The SMILES string of the molecule is O=C(OCc1ccccc1)N1CCC(CCOc2ccc(F)cc2)CC1. The molecule has 0 radical (unpaired) electrons. The summed E-state index contributed by atoms with van der Waals surface area (Å²) in [4.78, 5) is 13.9. The highest BCUT2D eigenvalue weighted by atomic mass is 19.1. The summed E-state index contributed by atoms with van der Waals surface area (Å²) in [6, 6.07) is 15.8. The first-order valence-electron chi connectivity index (χ1n) is 9.05. The lowest BCUT2D eigenvalue weighted by Gasteiger charge is -2.31. The van der Waals surface area contributed by atoms with Crippen molar-refractivity contribution in [1.82, 2.24) is 4.90 Å². The summed E-state index contributed by atoms with van der Waals surface area (Å²) in [5.74, 6) is 0.964.